The van der Waals surface area contributed by atoms with Crippen LogP contribution in [0.25, 0.3) is 0 Å². The second-order valence-corrected chi connectivity index (χ2v) is 8.21. The maximum absolute atomic E-state index is 12.6. The molecule has 0 bridgehead atoms. The lowest BCUT2D eigenvalue weighted by atomic mass is 10.2. The van der Waals surface area contributed by atoms with E-state index in [0.717, 1.165) is 4.90 Å². The summed E-state index contributed by atoms with van der Waals surface area (Å²) >= 11 is 1.36. The fourth-order valence-electron chi connectivity index (χ4n) is 2.24. The van der Waals surface area contributed by atoms with E-state index < -0.39 is 15.9 Å². The van der Waals surface area contributed by atoms with Crippen molar-refractivity contribution in [2.45, 2.75) is 14.7 Å². The number of carbonyl (C=O) groups excluding carboxylic acids is 1. The molecule has 0 atom stereocenters. The first-order valence-electron chi connectivity index (χ1n) is 7.70. The number of benzene rings is 3. The highest BCUT2D eigenvalue weighted by Crippen LogP contribution is 2.31. The lowest BCUT2D eigenvalue weighted by Gasteiger charge is -2.10. The van der Waals surface area contributed by atoms with Gasteiger partial charge in [-0.2, -0.15) is 0 Å². The molecule has 3 N–H and O–H groups in total. The number of nitrogens with two attached hydrogens (primary N) is 1. The van der Waals surface area contributed by atoms with Crippen molar-refractivity contribution in [3.8, 4) is 0 Å². The summed E-state index contributed by atoms with van der Waals surface area (Å²) in [4.78, 5) is 14.2. The van der Waals surface area contributed by atoms with Crippen LogP contribution in [-0.4, -0.2) is 14.3 Å². The van der Waals surface area contributed by atoms with Crippen LogP contribution in [0.2, 0.25) is 0 Å². The number of hydrogen-bond acceptors (Lipinski definition) is 5. The van der Waals surface area contributed by atoms with Crippen LogP contribution in [0.4, 0.5) is 5.69 Å². The van der Waals surface area contributed by atoms with Crippen molar-refractivity contribution in [1.29, 1.82) is 0 Å². The Morgan fingerprint density at radius 1 is 0.846 bits per heavy atom. The molecule has 3 aromatic rings. The molecule has 0 heterocycles. The molecule has 1 amide bonds. The number of carbonyl (C=O) groups is 1. The third kappa shape index (κ3) is 4.25. The summed E-state index contributed by atoms with van der Waals surface area (Å²) in [6, 6.07) is 21.9. The van der Waals surface area contributed by atoms with Crippen molar-refractivity contribution in [3.05, 3.63) is 84.4 Å². The molecule has 7 heteroatoms. The minimum Gasteiger partial charge on any atom is -0.399 e. The molecule has 3 rings (SSSR count). The van der Waals surface area contributed by atoms with E-state index in [-0.39, 0.29) is 10.5 Å². The Labute approximate surface area is 156 Å². The average Bonchev–Trinajstić information content (AvgIpc) is 2.64. The Bertz CT molecular complexity index is 1020. The molecule has 0 aliphatic carbocycles. The molecule has 0 aliphatic heterocycles. The van der Waals surface area contributed by atoms with E-state index in [0.29, 0.717) is 10.6 Å². The molecule has 0 spiro atoms. The summed E-state index contributed by atoms with van der Waals surface area (Å²) in [5, 5.41) is 0. The maximum atomic E-state index is 12.6. The Morgan fingerprint density at radius 2 is 1.46 bits per heavy atom. The summed E-state index contributed by atoms with van der Waals surface area (Å²) in [5.41, 5.74) is 6.62. The zero-order valence-electron chi connectivity index (χ0n) is 13.6. The number of rotatable bonds is 5. The highest BCUT2D eigenvalue weighted by molar-refractivity contribution is 7.99. The maximum Gasteiger partial charge on any atom is 0.266 e. The zero-order chi connectivity index (χ0) is 18.6. The first-order chi connectivity index (χ1) is 12.5. The van der Waals surface area contributed by atoms with Gasteiger partial charge in [0.25, 0.3) is 15.9 Å². The summed E-state index contributed by atoms with van der Waals surface area (Å²) < 4.78 is 26.9. The van der Waals surface area contributed by atoms with Crippen LogP contribution in [0.3, 0.4) is 0 Å². The van der Waals surface area contributed by atoms with Gasteiger partial charge >= 0.3 is 0 Å². The smallest absolute Gasteiger partial charge is 0.266 e. The largest absolute Gasteiger partial charge is 0.399 e. The predicted molar refractivity (Wildman–Crippen MR) is 103 cm³/mol. The predicted octanol–water partition coefficient (Wildman–Crippen LogP) is 3.54. The summed E-state index contributed by atoms with van der Waals surface area (Å²) in [7, 11) is -3.93. The molecule has 5 nitrogen and oxygen atoms in total. The van der Waals surface area contributed by atoms with Crippen LogP contribution >= 0.6 is 11.8 Å². The van der Waals surface area contributed by atoms with Crippen molar-refractivity contribution < 1.29 is 13.2 Å². The number of nitrogens with one attached hydrogen (secondary N) is 1. The molecule has 0 radical (unpaired) electrons. The zero-order valence-corrected chi connectivity index (χ0v) is 15.3. The Kier molecular flexibility index (Phi) is 5.29. The van der Waals surface area contributed by atoms with E-state index in [4.69, 9.17) is 5.73 Å². The lowest BCUT2D eigenvalue weighted by molar-refractivity contribution is 0.0978. The molecule has 3 aromatic carbocycles. The standard InChI is InChI=1S/C19H16N2O3S2/c20-14-10-12-15(13-11-14)25-18-9-5-4-8-17(18)19(22)21-26(23,24)16-6-2-1-3-7-16/h1-13H,20H2,(H,21,22). The van der Waals surface area contributed by atoms with Crippen LogP contribution in [0, 0.1) is 0 Å². The molecule has 26 heavy (non-hydrogen) atoms. The minimum absolute atomic E-state index is 0.0389. The highest BCUT2D eigenvalue weighted by Gasteiger charge is 2.20. The van der Waals surface area contributed by atoms with Gasteiger partial charge in [0.15, 0.2) is 0 Å². The second kappa shape index (κ2) is 7.63. The average molecular weight is 384 g/mol. The normalized spacial score (nSPS) is 11.1. The summed E-state index contributed by atoms with van der Waals surface area (Å²) in [6.07, 6.45) is 0. The van der Waals surface area contributed by atoms with Gasteiger partial charge in [0, 0.05) is 15.5 Å². The van der Waals surface area contributed by atoms with Crippen LogP contribution in [0.5, 0.6) is 0 Å². The van der Waals surface area contributed by atoms with Crippen LogP contribution in [0.15, 0.2) is 93.5 Å². The molecule has 0 fully saturated rings. The van der Waals surface area contributed by atoms with Gasteiger partial charge in [-0.1, -0.05) is 42.1 Å². The Hall–Kier alpha value is -2.77. The summed E-state index contributed by atoms with van der Waals surface area (Å²) in [6.45, 7) is 0. The van der Waals surface area contributed by atoms with Crippen molar-refractivity contribution in [2.75, 3.05) is 5.73 Å². The number of amides is 1. The number of sulfonamides is 1. The van der Waals surface area contributed by atoms with Crippen LogP contribution in [-0.2, 0) is 10.0 Å². The first-order valence-corrected chi connectivity index (χ1v) is 10.0. The third-order valence-electron chi connectivity index (χ3n) is 3.52. The van der Waals surface area contributed by atoms with Crippen molar-refractivity contribution in [1.82, 2.24) is 4.72 Å². The van der Waals surface area contributed by atoms with E-state index in [1.54, 1.807) is 54.6 Å². The first kappa shape index (κ1) is 18.0. The van der Waals surface area contributed by atoms with E-state index in [9.17, 15) is 13.2 Å². The van der Waals surface area contributed by atoms with E-state index >= 15 is 0 Å². The molecule has 0 aromatic heterocycles. The van der Waals surface area contributed by atoms with Crippen LogP contribution in [0.1, 0.15) is 10.4 Å². The van der Waals surface area contributed by atoms with Gasteiger partial charge in [0.1, 0.15) is 0 Å². The monoisotopic (exact) mass is 384 g/mol. The number of nitrogen functional groups attached to an aromatic ring is 1. The van der Waals surface area contributed by atoms with Crippen molar-refractivity contribution >= 4 is 33.4 Å². The molecule has 0 aliphatic rings. The Morgan fingerprint density at radius 3 is 2.15 bits per heavy atom. The van der Waals surface area contributed by atoms with Gasteiger partial charge in [-0.05, 0) is 48.5 Å². The molecule has 0 saturated heterocycles. The minimum atomic E-state index is -3.93. The Balaban J connectivity index is 1.85. The van der Waals surface area contributed by atoms with Gasteiger partial charge in [-0.25, -0.2) is 13.1 Å². The van der Waals surface area contributed by atoms with E-state index in [2.05, 4.69) is 4.72 Å². The molecule has 0 saturated carbocycles. The van der Waals surface area contributed by atoms with Gasteiger partial charge in [-0.15, -0.1) is 0 Å². The SMILES string of the molecule is Nc1ccc(Sc2ccccc2C(=O)NS(=O)(=O)c2ccccc2)cc1. The van der Waals surface area contributed by atoms with Gasteiger partial charge in [-0.3, -0.25) is 4.79 Å². The van der Waals surface area contributed by atoms with E-state index in [1.807, 2.05) is 12.1 Å². The molecule has 132 valence electrons. The van der Waals surface area contributed by atoms with Gasteiger partial charge in [0.2, 0.25) is 0 Å². The second-order valence-electron chi connectivity index (χ2n) is 5.41. The van der Waals surface area contributed by atoms with E-state index in [1.165, 1.54) is 23.9 Å². The highest BCUT2D eigenvalue weighted by atomic mass is 32.2. The third-order valence-corrected chi connectivity index (χ3v) is 5.95. The quantitative estimate of drug-likeness (QED) is 0.657. The van der Waals surface area contributed by atoms with Crippen molar-refractivity contribution in [3.63, 3.8) is 0 Å². The van der Waals surface area contributed by atoms with Crippen molar-refractivity contribution in [2.24, 2.45) is 0 Å². The van der Waals surface area contributed by atoms with Crippen LogP contribution < -0.4 is 10.5 Å². The fourth-order valence-corrected chi connectivity index (χ4v) is 4.17. The molecular weight excluding hydrogens is 368 g/mol. The van der Waals surface area contributed by atoms with Gasteiger partial charge in [0.05, 0.1) is 10.5 Å². The van der Waals surface area contributed by atoms with Gasteiger partial charge < -0.3 is 5.73 Å². The number of anilines is 1. The topological polar surface area (TPSA) is 89.3 Å². The lowest BCUT2D eigenvalue weighted by Crippen LogP contribution is -2.30. The molecular formula is C19H16N2O3S2. The number of hydrogen-bond donors (Lipinski definition) is 2. The molecule has 0 unspecified atom stereocenters. The summed E-state index contributed by atoms with van der Waals surface area (Å²) in [5.74, 6) is -0.674. The fraction of sp³-hybridized carbons (Fsp3) is 0.